The predicted octanol–water partition coefficient (Wildman–Crippen LogP) is 2.65. The lowest BCUT2D eigenvalue weighted by Gasteiger charge is -2.31. The summed E-state index contributed by atoms with van der Waals surface area (Å²) in [6, 6.07) is 3.92. The van der Waals surface area contributed by atoms with Crippen molar-refractivity contribution in [3.05, 3.63) is 28.8 Å². The number of rotatable bonds is 3. The molecule has 0 aliphatic heterocycles. The first-order valence-electron chi connectivity index (χ1n) is 6.53. The molecule has 1 fully saturated rings. The molecule has 0 bridgehead atoms. The van der Waals surface area contributed by atoms with E-state index in [0.717, 1.165) is 29.5 Å². The smallest absolute Gasteiger partial charge is 0.125 e. The van der Waals surface area contributed by atoms with Crippen LogP contribution in [0.2, 0.25) is 0 Å². The Morgan fingerprint density at radius 3 is 2.39 bits per heavy atom. The summed E-state index contributed by atoms with van der Waals surface area (Å²) >= 11 is 0. The van der Waals surface area contributed by atoms with Gasteiger partial charge < -0.3 is 14.9 Å². The molecule has 0 amide bonds. The largest absolute Gasteiger partial charge is 0.496 e. The zero-order valence-corrected chi connectivity index (χ0v) is 11.4. The minimum atomic E-state index is -0.993. The predicted molar refractivity (Wildman–Crippen MR) is 70.8 cm³/mol. The molecular formula is C15H22O3. The first kappa shape index (κ1) is 13.4. The SMILES string of the molecule is COc1cc(C)cc(C)c1C(O)C1(O)CCCC1. The molecule has 100 valence electrons. The van der Waals surface area contributed by atoms with Gasteiger partial charge in [0, 0.05) is 5.56 Å². The highest BCUT2D eigenvalue weighted by Gasteiger charge is 2.41. The number of aliphatic hydroxyl groups is 2. The molecule has 1 saturated carbocycles. The Balaban J connectivity index is 2.43. The lowest BCUT2D eigenvalue weighted by atomic mass is 9.86. The molecule has 0 saturated heterocycles. The van der Waals surface area contributed by atoms with Gasteiger partial charge in [-0.15, -0.1) is 0 Å². The monoisotopic (exact) mass is 250 g/mol. The van der Waals surface area contributed by atoms with Crippen LogP contribution >= 0.6 is 0 Å². The van der Waals surface area contributed by atoms with E-state index in [-0.39, 0.29) is 0 Å². The van der Waals surface area contributed by atoms with Gasteiger partial charge in [-0.1, -0.05) is 18.9 Å². The molecule has 18 heavy (non-hydrogen) atoms. The Morgan fingerprint density at radius 1 is 1.22 bits per heavy atom. The van der Waals surface area contributed by atoms with Crippen LogP contribution in [-0.4, -0.2) is 22.9 Å². The van der Waals surface area contributed by atoms with Gasteiger partial charge in [0.1, 0.15) is 11.9 Å². The Kier molecular flexibility index (Phi) is 3.64. The highest BCUT2D eigenvalue weighted by atomic mass is 16.5. The van der Waals surface area contributed by atoms with Crippen molar-refractivity contribution in [3.8, 4) is 5.75 Å². The molecule has 1 aromatic carbocycles. The van der Waals surface area contributed by atoms with Gasteiger partial charge in [-0.25, -0.2) is 0 Å². The van der Waals surface area contributed by atoms with E-state index >= 15 is 0 Å². The summed E-state index contributed by atoms with van der Waals surface area (Å²) in [5, 5.41) is 21.1. The third-order valence-corrected chi connectivity index (χ3v) is 3.96. The van der Waals surface area contributed by atoms with E-state index in [2.05, 4.69) is 0 Å². The Hall–Kier alpha value is -1.06. The van der Waals surface area contributed by atoms with Crippen LogP contribution in [0.4, 0.5) is 0 Å². The van der Waals surface area contributed by atoms with Crippen LogP contribution in [0, 0.1) is 13.8 Å². The van der Waals surface area contributed by atoms with Crippen LogP contribution in [0.1, 0.15) is 48.5 Å². The summed E-state index contributed by atoms with van der Waals surface area (Å²) in [6.45, 7) is 3.95. The fraction of sp³-hybridized carbons (Fsp3) is 0.600. The number of hydrogen-bond donors (Lipinski definition) is 2. The van der Waals surface area contributed by atoms with Crippen LogP contribution in [0.25, 0.3) is 0 Å². The molecule has 1 atom stereocenters. The highest BCUT2D eigenvalue weighted by molar-refractivity contribution is 5.45. The molecule has 1 aliphatic carbocycles. The van der Waals surface area contributed by atoms with Crippen molar-refractivity contribution in [1.82, 2.24) is 0 Å². The number of ether oxygens (including phenoxy) is 1. The standard InChI is InChI=1S/C15H22O3/c1-10-8-11(2)13(12(9-10)18-3)14(16)15(17)6-4-5-7-15/h8-9,14,16-17H,4-7H2,1-3H3. The molecule has 0 aromatic heterocycles. The molecule has 0 spiro atoms. The Bertz CT molecular complexity index is 434. The third-order valence-electron chi connectivity index (χ3n) is 3.96. The van der Waals surface area contributed by atoms with Gasteiger partial charge in [-0.2, -0.15) is 0 Å². The summed E-state index contributed by atoms with van der Waals surface area (Å²) in [4.78, 5) is 0. The van der Waals surface area contributed by atoms with Gasteiger partial charge in [-0.3, -0.25) is 0 Å². The molecule has 2 rings (SSSR count). The van der Waals surface area contributed by atoms with E-state index in [1.807, 2.05) is 26.0 Å². The molecule has 1 aliphatic rings. The van der Waals surface area contributed by atoms with Crippen molar-refractivity contribution in [3.63, 3.8) is 0 Å². The average Bonchev–Trinajstić information content (AvgIpc) is 2.75. The summed E-state index contributed by atoms with van der Waals surface area (Å²) in [5.74, 6) is 0.667. The maximum atomic E-state index is 10.5. The summed E-state index contributed by atoms with van der Waals surface area (Å²) in [6.07, 6.45) is 2.40. The van der Waals surface area contributed by atoms with Crippen LogP contribution in [-0.2, 0) is 0 Å². The van der Waals surface area contributed by atoms with Gasteiger partial charge in [0.15, 0.2) is 0 Å². The Morgan fingerprint density at radius 2 is 1.83 bits per heavy atom. The molecule has 2 N–H and O–H groups in total. The summed E-state index contributed by atoms with van der Waals surface area (Å²) in [7, 11) is 1.60. The lowest BCUT2D eigenvalue weighted by Crippen LogP contribution is -2.33. The fourth-order valence-electron chi connectivity index (χ4n) is 2.99. The van der Waals surface area contributed by atoms with E-state index in [1.165, 1.54) is 0 Å². The fourth-order valence-corrected chi connectivity index (χ4v) is 2.99. The molecular weight excluding hydrogens is 228 g/mol. The van der Waals surface area contributed by atoms with Crippen molar-refractivity contribution in [2.45, 2.75) is 51.2 Å². The first-order chi connectivity index (χ1) is 8.48. The highest BCUT2D eigenvalue weighted by Crippen LogP contribution is 2.43. The topological polar surface area (TPSA) is 49.7 Å². The molecule has 3 nitrogen and oxygen atoms in total. The lowest BCUT2D eigenvalue weighted by molar-refractivity contribution is -0.0729. The first-order valence-corrected chi connectivity index (χ1v) is 6.53. The normalized spacial score (nSPS) is 19.8. The Labute approximate surface area is 108 Å². The van der Waals surface area contributed by atoms with E-state index in [0.29, 0.717) is 18.6 Å². The zero-order valence-electron chi connectivity index (χ0n) is 11.4. The van der Waals surface area contributed by atoms with Crippen LogP contribution in [0.3, 0.4) is 0 Å². The van der Waals surface area contributed by atoms with Crippen molar-refractivity contribution in [1.29, 1.82) is 0 Å². The number of hydrogen-bond acceptors (Lipinski definition) is 3. The second-order valence-corrected chi connectivity index (χ2v) is 5.41. The number of benzene rings is 1. The number of aryl methyl sites for hydroxylation is 2. The van der Waals surface area contributed by atoms with Gasteiger partial charge in [-0.05, 0) is 43.9 Å². The van der Waals surface area contributed by atoms with Gasteiger partial charge >= 0.3 is 0 Å². The van der Waals surface area contributed by atoms with Crippen molar-refractivity contribution in [2.75, 3.05) is 7.11 Å². The van der Waals surface area contributed by atoms with E-state index in [1.54, 1.807) is 7.11 Å². The van der Waals surface area contributed by atoms with Gasteiger partial charge in [0.25, 0.3) is 0 Å². The summed E-state index contributed by atoms with van der Waals surface area (Å²) in [5.41, 5.74) is 1.80. The average molecular weight is 250 g/mol. The van der Waals surface area contributed by atoms with Crippen LogP contribution in [0.5, 0.6) is 5.75 Å². The zero-order chi connectivity index (χ0) is 13.3. The second-order valence-electron chi connectivity index (χ2n) is 5.41. The van der Waals surface area contributed by atoms with Crippen LogP contribution in [0.15, 0.2) is 12.1 Å². The molecule has 1 unspecified atom stereocenters. The minimum absolute atomic E-state index is 0.657. The minimum Gasteiger partial charge on any atom is -0.496 e. The van der Waals surface area contributed by atoms with Crippen molar-refractivity contribution >= 4 is 0 Å². The molecule has 0 radical (unpaired) electrons. The van der Waals surface area contributed by atoms with E-state index in [9.17, 15) is 10.2 Å². The quantitative estimate of drug-likeness (QED) is 0.867. The van der Waals surface area contributed by atoms with Crippen LogP contribution < -0.4 is 4.74 Å². The van der Waals surface area contributed by atoms with E-state index < -0.39 is 11.7 Å². The van der Waals surface area contributed by atoms with Crippen molar-refractivity contribution in [2.24, 2.45) is 0 Å². The maximum absolute atomic E-state index is 10.5. The van der Waals surface area contributed by atoms with E-state index in [4.69, 9.17) is 4.74 Å². The van der Waals surface area contributed by atoms with Gasteiger partial charge in [0.2, 0.25) is 0 Å². The summed E-state index contributed by atoms with van der Waals surface area (Å²) < 4.78 is 5.36. The maximum Gasteiger partial charge on any atom is 0.125 e. The molecule has 1 aromatic rings. The van der Waals surface area contributed by atoms with Gasteiger partial charge in [0.05, 0.1) is 12.7 Å². The number of aliphatic hydroxyl groups excluding tert-OH is 1. The third kappa shape index (κ3) is 2.25. The number of methoxy groups -OCH3 is 1. The molecule has 3 heteroatoms. The van der Waals surface area contributed by atoms with Crippen molar-refractivity contribution < 1.29 is 14.9 Å². The second kappa shape index (κ2) is 4.90. The molecule has 0 heterocycles.